The van der Waals surface area contributed by atoms with E-state index >= 15 is 0 Å². The maximum absolute atomic E-state index is 10.8. The van der Waals surface area contributed by atoms with Crippen molar-refractivity contribution in [2.45, 2.75) is 50.7 Å². The lowest BCUT2D eigenvalue weighted by molar-refractivity contribution is -0.219. The van der Waals surface area contributed by atoms with E-state index in [2.05, 4.69) is 11.8 Å². The molecule has 4 nitrogen and oxygen atoms in total. The summed E-state index contributed by atoms with van der Waals surface area (Å²) in [6.07, 6.45) is -1.64. The van der Waals surface area contributed by atoms with Gasteiger partial charge < -0.3 is 19.3 Å². The summed E-state index contributed by atoms with van der Waals surface area (Å²) in [7, 11) is 0. The summed E-state index contributed by atoms with van der Waals surface area (Å²) in [5.74, 6) is 5.12. The molecule has 2 fully saturated rings. The first-order valence-corrected chi connectivity index (χ1v) is 6.72. The van der Waals surface area contributed by atoms with Crippen molar-refractivity contribution >= 4 is 0 Å². The molecular weight excluding hydrogens is 256 g/mol. The van der Waals surface area contributed by atoms with Crippen LogP contribution in [0.2, 0.25) is 0 Å². The van der Waals surface area contributed by atoms with Crippen molar-refractivity contribution in [3.05, 3.63) is 35.9 Å². The quantitative estimate of drug-likeness (QED) is 0.731. The normalized spacial score (nSPS) is 38.1. The Morgan fingerprint density at radius 3 is 2.55 bits per heavy atom. The number of rotatable bonds is 0. The lowest BCUT2D eigenvalue weighted by Gasteiger charge is -2.27. The lowest BCUT2D eigenvalue weighted by Crippen LogP contribution is -2.46. The van der Waals surface area contributed by atoms with Crippen molar-refractivity contribution in [1.82, 2.24) is 0 Å². The van der Waals surface area contributed by atoms with Crippen LogP contribution < -0.4 is 0 Å². The van der Waals surface area contributed by atoms with Crippen molar-refractivity contribution in [3.8, 4) is 11.8 Å². The molecular formula is C16H18O4. The van der Waals surface area contributed by atoms with Crippen LogP contribution in [0.15, 0.2) is 30.3 Å². The number of aliphatic hydroxyl groups is 1. The Labute approximate surface area is 118 Å². The van der Waals surface area contributed by atoms with Crippen molar-refractivity contribution in [1.29, 1.82) is 0 Å². The summed E-state index contributed by atoms with van der Waals surface area (Å²) in [5.41, 5.74) is -0.524. The van der Waals surface area contributed by atoms with E-state index in [-0.39, 0.29) is 0 Å². The van der Waals surface area contributed by atoms with Crippen LogP contribution in [0, 0.1) is 11.8 Å². The van der Waals surface area contributed by atoms with Crippen LogP contribution in [0.5, 0.6) is 0 Å². The van der Waals surface area contributed by atoms with Gasteiger partial charge in [0.2, 0.25) is 0 Å². The molecule has 0 spiro atoms. The second-order valence-corrected chi connectivity index (χ2v) is 5.64. The monoisotopic (exact) mass is 274 g/mol. The number of ether oxygens (including phenoxy) is 3. The molecule has 106 valence electrons. The molecule has 2 aliphatic rings. The third-order valence-corrected chi connectivity index (χ3v) is 3.63. The lowest BCUT2D eigenvalue weighted by atomic mass is 9.93. The zero-order valence-electron chi connectivity index (χ0n) is 11.8. The third-order valence-electron chi connectivity index (χ3n) is 3.63. The molecule has 2 aliphatic heterocycles. The molecule has 2 heterocycles. The largest absolute Gasteiger partial charge is 0.372 e. The Morgan fingerprint density at radius 1 is 1.15 bits per heavy atom. The molecule has 2 saturated heterocycles. The molecule has 0 amide bonds. The molecule has 4 atom stereocenters. The highest BCUT2D eigenvalue weighted by atomic mass is 16.8. The van der Waals surface area contributed by atoms with Gasteiger partial charge in [-0.3, -0.25) is 0 Å². The summed E-state index contributed by atoms with van der Waals surface area (Å²) in [6.45, 7) is 5.37. The first kappa shape index (κ1) is 13.6. The fourth-order valence-corrected chi connectivity index (χ4v) is 2.53. The van der Waals surface area contributed by atoms with E-state index in [9.17, 15) is 5.11 Å². The summed E-state index contributed by atoms with van der Waals surface area (Å²) in [5, 5.41) is 10.8. The molecule has 1 aromatic rings. The van der Waals surface area contributed by atoms with E-state index in [0.717, 1.165) is 5.56 Å². The summed E-state index contributed by atoms with van der Waals surface area (Å²) >= 11 is 0. The van der Waals surface area contributed by atoms with Crippen LogP contribution in [-0.2, 0) is 14.2 Å². The van der Waals surface area contributed by atoms with Gasteiger partial charge in [-0.25, -0.2) is 0 Å². The van der Waals surface area contributed by atoms with E-state index in [0.29, 0.717) is 0 Å². The van der Waals surface area contributed by atoms with Gasteiger partial charge in [0.1, 0.15) is 6.10 Å². The second-order valence-electron chi connectivity index (χ2n) is 5.64. The minimum atomic E-state index is -1.37. The molecule has 3 rings (SSSR count). The molecule has 1 N–H and O–H groups in total. The van der Waals surface area contributed by atoms with E-state index in [1.54, 1.807) is 20.8 Å². The Morgan fingerprint density at radius 2 is 1.85 bits per heavy atom. The molecule has 0 saturated carbocycles. The van der Waals surface area contributed by atoms with Gasteiger partial charge in [-0.05, 0) is 32.9 Å². The first-order valence-electron chi connectivity index (χ1n) is 6.72. The number of benzene rings is 1. The fraction of sp³-hybridized carbons (Fsp3) is 0.500. The van der Waals surface area contributed by atoms with Gasteiger partial charge in [0.05, 0.1) is 0 Å². The van der Waals surface area contributed by atoms with Gasteiger partial charge in [0.25, 0.3) is 0 Å². The first-order chi connectivity index (χ1) is 9.41. The average molecular weight is 274 g/mol. The average Bonchev–Trinajstić information content (AvgIpc) is 2.82. The van der Waals surface area contributed by atoms with Crippen molar-refractivity contribution in [2.24, 2.45) is 0 Å². The Hall–Kier alpha value is -1.38. The van der Waals surface area contributed by atoms with Crippen molar-refractivity contribution < 1.29 is 19.3 Å². The standard InChI is InChI=1S/C16H18O4/c1-11-16(17,10-9-12-7-5-4-6-8-12)13-14(18-11)20-15(2,3)19-13/h4-8,11,13-14,17H,1-3H3/t11?,13-,14+,16+/m0/s1. The van der Waals surface area contributed by atoms with Gasteiger partial charge in [0.15, 0.2) is 23.8 Å². The maximum atomic E-state index is 10.8. The van der Waals surface area contributed by atoms with E-state index in [4.69, 9.17) is 14.2 Å². The summed E-state index contributed by atoms with van der Waals surface area (Å²) in [6, 6.07) is 9.52. The fourth-order valence-electron chi connectivity index (χ4n) is 2.53. The maximum Gasteiger partial charge on any atom is 0.191 e. The Kier molecular flexibility index (Phi) is 3.11. The smallest absolute Gasteiger partial charge is 0.191 e. The zero-order valence-corrected chi connectivity index (χ0v) is 11.8. The van der Waals surface area contributed by atoms with Crippen molar-refractivity contribution in [2.75, 3.05) is 0 Å². The predicted molar refractivity (Wildman–Crippen MR) is 72.6 cm³/mol. The highest BCUT2D eigenvalue weighted by Gasteiger charge is 2.61. The molecule has 1 unspecified atom stereocenters. The van der Waals surface area contributed by atoms with Gasteiger partial charge in [-0.1, -0.05) is 30.0 Å². The molecule has 1 aromatic carbocycles. The Balaban J connectivity index is 1.89. The van der Waals surface area contributed by atoms with E-state index < -0.39 is 29.9 Å². The highest BCUT2D eigenvalue weighted by Crippen LogP contribution is 2.42. The minimum absolute atomic E-state index is 0.468. The summed E-state index contributed by atoms with van der Waals surface area (Å²) in [4.78, 5) is 0. The van der Waals surface area contributed by atoms with Crippen LogP contribution in [-0.4, -0.2) is 35.0 Å². The summed E-state index contributed by atoms with van der Waals surface area (Å²) < 4.78 is 17.0. The van der Waals surface area contributed by atoms with Gasteiger partial charge in [-0.2, -0.15) is 0 Å². The molecule has 20 heavy (non-hydrogen) atoms. The third kappa shape index (κ3) is 2.23. The van der Waals surface area contributed by atoms with Gasteiger partial charge in [-0.15, -0.1) is 0 Å². The molecule has 0 bridgehead atoms. The number of hydrogen-bond acceptors (Lipinski definition) is 4. The van der Waals surface area contributed by atoms with Crippen LogP contribution in [0.1, 0.15) is 26.3 Å². The topological polar surface area (TPSA) is 47.9 Å². The minimum Gasteiger partial charge on any atom is -0.372 e. The molecule has 0 aromatic heterocycles. The zero-order chi connectivity index (χ0) is 14.4. The van der Waals surface area contributed by atoms with Crippen LogP contribution >= 0.6 is 0 Å². The predicted octanol–water partition coefficient (Wildman–Crippen LogP) is 1.67. The van der Waals surface area contributed by atoms with E-state index in [1.807, 2.05) is 30.3 Å². The Bertz CT molecular complexity index is 557. The van der Waals surface area contributed by atoms with E-state index in [1.165, 1.54) is 0 Å². The molecule has 0 radical (unpaired) electrons. The SMILES string of the molecule is CC1O[C@@H]2OC(C)(C)O[C@@H]2[C@@]1(O)C#Cc1ccccc1. The molecule has 0 aliphatic carbocycles. The second kappa shape index (κ2) is 4.57. The van der Waals surface area contributed by atoms with Crippen molar-refractivity contribution in [3.63, 3.8) is 0 Å². The van der Waals surface area contributed by atoms with Crippen LogP contribution in [0.4, 0.5) is 0 Å². The number of fused-ring (bicyclic) bond motifs is 1. The highest BCUT2D eigenvalue weighted by molar-refractivity contribution is 5.38. The van der Waals surface area contributed by atoms with Gasteiger partial charge >= 0.3 is 0 Å². The molecule has 4 heteroatoms. The van der Waals surface area contributed by atoms with Gasteiger partial charge in [0, 0.05) is 5.56 Å². The van der Waals surface area contributed by atoms with Crippen LogP contribution in [0.25, 0.3) is 0 Å². The number of hydrogen-bond donors (Lipinski definition) is 1. The van der Waals surface area contributed by atoms with Crippen LogP contribution in [0.3, 0.4) is 0 Å².